The van der Waals surface area contributed by atoms with Gasteiger partial charge in [0.15, 0.2) is 0 Å². The van der Waals surface area contributed by atoms with E-state index in [0.717, 1.165) is 40.6 Å². The number of anilines is 1. The number of rotatable bonds is 5. The van der Waals surface area contributed by atoms with Crippen molar-refractivity contribution < 1.29 is 14.7 Å². The first kappa shape index (κ1) is 22.0. The summed E-state index contributed by atoms with van der Waals surface area (Å²) in [6.45, 7) is 0. The van der Waals surface area contributed by atoms with E-state index in [2.05, 4.69) is 20.1 Å². The number of H-pyrrole nitrogens is 1. The van der Waals surface area contributed by atoms with Crippen LogP contribution in [-0.4, -0.2) is 36.7 Å². The molecule has 3 aromatic carbocycles. The van der Waals surface area contributed by atoms with Crippen LogP contribution in [-0.2, 0) is 0 Å². The third-order valence-corrected chi connectivity index (χ3v) is 6.98. The number of carbonyl (C=O) groups is 2. The zero-order valence-electron chi connectivity index (χ0n) is 19.6. The van der Waals surface area contributed by atoms with Crippen LogP contribution in [0.2, 0.25) is 0 Å². The number of amides is 1. The summed E-state index contributed by atoms with van der Waals surface area (Å²) in [4.78, 5) is 29.3. The molecular weight excluding hydrogens is 454 g/mol. The highest BCUT2D eigenvalue weighted by atomic mass is 16.4. The minimum absolute atomic E-state index is 0.198. The van der Waals surface area contributed by atoms with Gasteiger partial charge in [-0.25, -0.2) is 9.78 Å². The van der Waals surface area contributed by atoms with Gasteiger partial charge < -0.3 is 15.0 Å². The lowest BCUT2D eigenvalue weighted by Gasteiger charge is -2.25. The van der Waals surface area contributed by atoms with Crippen molar-refractivity contribution in [1.82, 2.24) is 19.7 Å². The maximum absolute atomic E-state index is 12.9. The number of hydrogen-bond acceptors (Lipinski definition) is 4. The fourth-order valence-electron chi connectivity index (χ4n) is 5.14. The molecule has 1 aliphatic carbocycles. The van der Waals surface area contributed by atoms with Crippen molar-refractivity contribution in [1.29, 1.82) is 0 Å². The molecule has 6 rings (SSSR count). The minimum atomic E-state index is -0.965. The number of carboxylic acids is 1. The van der Waals surface area contributed by atoms with Crippen molar-refractivity contribution in [3.63, 3.8) is 0 Å². The maximum Gasteiger partial charge on any atom is 0.335 e. The number of carbonyl (C=O) groups excluding carboxylic acids is 1. The Bertz CT molecular complexity index is 1590. The van der Waals surface area contributed by atoms with E-state index in [9.17, 15) is 14.7 Å². The van der Waals surface area contributed by atoms with Crippen LogP contribution in [0.3, 0.4) is 0 Å². The van der Waals surface area contributed by atoms with Gasteiger partial charge >= 0.3 is 5.97 Å². The topological polar surface area (TPSA) is 113 Å². The van der Waals surface area contributed by atoms with Gasteiger partial charge in [0.2, 0.25) is 0 Å². The fraction of sp³-hybridized carbons (Fsp3) is 0.214. The minimum Gasteiger partial charge on any atom is -0.478 e. The molecular formula is C28H25N5O3. The molecule has 1 saturated carbocycles. The zero-order valence-corrected chi connectivity index (χ0v) is 19.6. The molecule has 2 aromatic heterocycles. The van der Waals surface area contributed by atoms with Gasteiger partial charge in [0.05, 0.1) is 28.3 Å². The van der Waals surface area contributed by atoms with E-state index in [1.54, 1.807) is 30.5 Å². The Hall–Kier alpha value is -4.46. The third kappa shape index (κ3) is 4.00. The molecule has 2 heterocycles. The maximum atomic E-state index is 12.9. The number of aromatic nitrogens is 4. The fourth-order valence-corrected chi connectivity index (χ4v) is 5.14. The number of imidazole rings is 1. The summed E-state index contributed by atoms with van der Waals surface area (Å²) >= 11 is 0. The predicted molar refractivity (Wildman–Crippen MR) is 138 cm³/mol. The molecule has 180 valence electrons. The van der Waals surface area contributed by atoms with E-state index in [1.807, 2.05) is 36.4 Å². The van der Waals surface area contributed by atoms with E-state index < -0.39 is 5.97 Å². The Morgan fingerprint density at radius 3 is 2.50 bits per heavy atom. The SMILES string of the molecule is O=C(O)c1ccc2c(c1)nc(-c1ccc(C(=O)Nc3ccc4[nH]ncc4c3)cc1)n2C1CCCCC1. The normalized spacial score (nSPS) is 14.3. The van der Waals surface area contributed by atoms with Crippen molar-refractivity contribution >= 4 is 39.5 Å². The van der Waals surface area contributed by atoms with E-state index in [0.29, 0.717) is 22.8 Å². The van der Waals surface area contributed by atoms with Crippen molar-refractivity contribution in [2.75, 3.05) is 5.32 Å². The first-order chi connectivity index (χ1) is 17.6. The van der Waals surface area contributed by atoms with Gasteiger partial charge in [-0.1, -0.05) is 31.4 Å². The number of carboxylic acid groups (broad SMARTS) is 1. The van der Waals surface area contributed by atoms with E-state index in [4.69, 9.17) is 4.98 Å². The number of aromatic amines is 1. The average Bonchev–Trinajstić information content (AvgIpc) is 3.53. The monoisotopic (exact) mass is 479 g/mol. The number of fused-ring (bicyclic) bond motifs is 2. The molecule has 1 fully saturated rings. The molecule has 1 aliphatic rings. The molecule has 8 heteroatoms. The van der Waals surface area contributed by atoms with Gasteiger partial charge in [-0.05, 0) is 61.4 Å². The van der Waals surface area contributed by atoms with E-state index >= 15 is 0 Å². The predicted octanol–water partition coefficient (Wildman–Crippen LogP) is 6.04. The number of nitrogens with zero attached hydrogens (tertiary/aromatic N) is 3. The summed E-state index contributed by atoms with van der Waals surface area (Å²) in [6, 6.07) is 18.5. The summed E-state index contributed by atoms with van der Waals surface area (Å²) in [5.74, 6) is -0.360. The van der Waals surface area contributed by atoms with Gasteiger partial charge in [0.25, 0.3) is 5.91 Å². The molecule has 0 atom stereocenters. The lowest BCUT2D eigenvalue weighted by Crippen LogP contribution is -2.14. The van der Waals surface area contributed by atoms with Crippen LogP contribution in [0.15, 0.2) is 66.9 Å². The summed E-state index contributed by atoms with van der Waals surface area (Å²) in [5.41, 5.74) is 4.89. The Labute approximate surface area is 207 Å². The Morgan fingerprint density at radius 1 is 0.944 bits per heavy atom. The molecule has 0 spiro atoms. The lowest BCUT2D eigenvalue weighted by atomic mass is 9.94. The molecule has 1 amide bonds. The molecule has 3 N–H and O–H groups in total. The van der Waals surface area contributed by atoms with E-state index in [-0.39, 0.29) is 11.5 Å². The van der Waals surface area contributed by atoms with Gasteiger partial charge in [0, 0.05) is 28.2 Å². The van der Waals surface area contributed by atoms with Crippen LogP contribution >= 0.6 is 0 Å². The highest BCUT2D eigenvalue weighted by molar-refractivity contribution is 6.05. The van der Waals surface area contributed by atoms with Crippen LogP contribution in [0, 0.1) is 0 Å². The van der Waals surface area contributed by atoms with Gasteiger partial charge in [0.1, 0.15) is 5.82 Å². The van der Waals surface area contributed by atoms with Crippen molar-refractivity contribution in [2.24, 2.45) is 0 Å². The van der Waals surface area contributed by atoms with E-state index in [1.165, 1.54) is 19.3 Å². The second-order valence-electron chi connectivity index (χ2n) is 9.31. The Kier molecular flexibility index (Phi) is 5.48. The summed E-state index contributed by atoms with van der Waals surface area (Å²) in [5, 5.41) is 20.2. The Morgan fingerprint density at radius 2 is 1.72 bits per heavy atom. The van der Waals surface area contributed by atoms with Gasteiger partial charge in [-0.2, -0.15) is 5.10 Å². The van der Waals surface area contributed by atoms with Crippen LogP contribution in [0.4, 0.5) is 5.69 Å². The van der Waals surface area contributed by atoms with Crippen LogP contribution < -0.4 is 5.32 Å². The second-order valence-corrected chi connectivity index (χ2v) is 9.31. The third-order valence-electron chi connectivity index (χ3n) is 6.98. The van der Waals surface area contributed by atoms with Gasteiger partial charge in [-0.3, -0.25) is 9.89 Å². The first-order valence-corrected chi connectivity index (χ1v) is 12.2. The first-order valence-electron chi connectivity index (χ1n) is 12.2. The van der Waals surface area contributed by atoms with Crippen molar-refractivity contribution in [3.8, 4) is 11.4 Å². The van der Waals surface area contributed by atoms with Crippen LogP contribution in [0.5, 0.6) is 0 Å². The smallest absolute Gasteiger partial charge is 0.335 e. The number of hydrogen-bond donors (Lipinski definition) is 3. The molecule has 0 radical (unpaired) electrons. The molecule has 0 bridgehead atoms. The van der Waals surface area contributed by atoms with Gasteiger partial charge in [-0.15, -0.1) is 0 Å². The second kappa shape index (κ2) is 8.96. The summed E-state index contributed by atoms with van der Waals surface area (Å²) in [7, 11) is 0. The number of benzene rings is 3. The largest absolute Gasteiger partial charge is 0.478 e. The van der Waals surface area contributed by atoms with Crippen LogP contribution in [0.1, 0.15) is 58.9 Å². The molecule has 0 saturated heterocycles. The highest BCUT2D eigenvalue weighted by Gasteiger charge is 2.23. The van der Waals surface area contributed by atoms with Crippen molar-refractivity contribution in [2.45, 2.75) is 38.1 Å². The molecule has 0 aliphatic heterocycles. The zero-order chi connectivity index (χ0) is 24.6. The Balaban J connectivity index is 1.33. The quantitative estimate of drug-likeness (QED) is 0.285. The molecule has 36 heavy (non-hydrogen) atoms. The average molecular weight is 480 g/mol. The van der Waals surface area contributed by atoms with Crippen LogP contribution in [0.25, 0.3) is 33.3 Å². The lowest BCUT2D eigenvalue weighted by molar-refractivity contribution is 0.0696. The molecule has 5 aromatic rings. The summed E-state index contributed by atoms with van der Waals surface area (Å²) < 4.78 is 2.26. The molecule has 8 nitrogen and oxygen atoms in total. The van der Waals surface area contributed by atoms with Crippen molar-refractivity contribution in [3.05, 3.63) is 78.0 Å². The highest BCUT2D eigenvalue weighted by Crippen LogP contribution is 2.36. The number of nitrogens with one attached hydrogen (secondary N) is 2. The summed E-state index contributed by atoms with van der Waals surface area (Å²) in [6.07, 6.45) is 7.43. The number of aromatic carboxylic acids is 1. The molecule has 0 unspecified atom stereocenters. The standard InChI is InChI=1S/C28H25N5O3/c34-27(30-21-11-12-23-20(14-21)16-29-32-23)18-8-6-17(7-9-18)26-31-24-15-19(28(35)36)10-13-25(24)33(26)22-4-2-1-3-5-22/h6-16,22H,1-5H2,(H,29,32)(H,30,34)(H,35,36).